The van der Waals surface area contributed by atoms with Gasteiger partial charge < -0.3 is 10.6 Å². The van der Waals surface area contributed by atoms with E-state index in [0.717, 1.165) is 18.8 Å². The summed E-state index contributed by atoms with van der Waals surface area (Å²) in [5.41, 5.74) is 0.817. The normalized spacial score (nSPS) is 19.4. The molecule has 1 aromatic heterocycles. The van der Waals surface area contributed by atoms with Crippen molar-refractivity contribution in [3.63, 3.8) is 0 Å². The van der Waals surface area contributed by atoms with Crippen LogP contribution in [0.4, 0.5) is 0 Å². The van der Waals surface area contributed by atoms with Gasteiger partial charge in [0.05, 0.1) is 5.69 Å². The van der Waals surface area contributed by atoms with Crippen molar-refractivity contribution < 1.29 is 0 Å². The van der Waals surface area contributed by atoms with E-state index >= 15 is 0 Å². The van der Waals surface area contributed by atoms with Crippen molar-refractivity contribution in [1.29, 1.82) is 0 Å². The van der Waals surface area contributed by atoms with Gasteiger partial charge in [-0.15, -0.1) is 12.4 Å². The van der Waals surface area contributed by atoms with Crippen molar-refractivity contribution in [2.75, 3.05) is 13.1 Å². The van der Waals surface area contributed by atoms with E-state index in [1.54, 1.807) is 12.4 Å². The minimum absolute atomic E-state index is 0. The van der Waals surface area contributed by atoms with Crippen LogP contribution in [0.3, 0.4) is 0 Å². The SMILES string of the molecule is Cl.Clc1nccnc1CNCC1CCCN1. The van der Waals surface area contributed by atoms with Gasteiger partial charge in [0.15, 0.2) is 5.15 Å². The Balaban J connectivity index is 0.00000128. The molecular weight excluding hydrogens is 247 g/mol. The minimum Gasteiger partial charge on any atom is -0.313 e. The number of halogens is 2. The van der Waals surface area contributed by atoms with Gasteiger partial charge in [-0.2, -0.15) is 0 Å². The van der Waals surface area contributed by atoms with Crippen LogP contribution in [0, 0.1) is 0 Å². The molecule has 1 fully saturated rings. The molecule has 0 spiro atoms. The number of hydrogen-bond donors (Lipinski definition) is 2. The lowest BCUT2D eigenvalue weighted by atomic mass is 10.2. The summed E-state index contributed by atoms with van der Waals surface area (Å²) in [5.74, 6) is 0. The summed E-state index contributed by atoms with van der Waals surface area (Å²) in [5, 5.41) is 7.25. The molecule has 0 bridgehead atoms. The molecule has 1 unspecified atom stereocenters. The lowest BCUT2D eigenvalue weighted by Crippen LogP contribution is -2.33. The first-order chi connectivity index (χ1) is 7.36. The summed E-state index contributed by atoms with van der Waals surface area (Å²) in [7, 11) is 0. The van der Waals surface area contributed by atoms with E-state index < -0.39 is 0 Å². The second-order valence-corrected chi connectivity index (χ2v) is 4.08. The van der Waals surface area contributed by atoms with E-state index in [0.29, 0.717) is 17.7 Å². The Morgan fingerprint density at radius 1 is 1.44 bits per heavy atom. The third kappa shape index (κ3) is 3.87. The third-order valence-electron chi connectivity index (χ3n) is 2.57. The Morgan fingerprint density at radius 3 is 2.94 bits per heavy atom. The zero-order valence-electron chi connectivity index (χ0n) is 8.95. The van der Waals surface area contributed by atoms with Crippen molar-refractivity contribution in [2.45, 2.75) is 25.4 Å². The molecule has 4 nitrogen and oxygen atoms in total. The van der Waals surface area contributed by atoms with E-state index in [4.69, 9.17) is 11.6 Å². The average molecular weight is 263 g/mol. The summed E-state index contributed by atoms with van der Waals surface area (Å²) < 4.78 is 0. The van der Waals surface area contributed by atoms with Crippen LogP contribution in [0.1, 0.15) is 18.5 Å². The van der Waals surface area contributed by atoms with Crippen molar-refractivity contribution >= 4 is 24.0 Å². The van der Waals surface area contributed by atoms with Crippen LogP contribution >= 0.6 is 24.0 Å². The fraction of sp³-hybridized carbons (Fsp3) is 0.600. The Bertz CT molecular complexity index is 315. The second kappa shape index (κ2) is 7.01. The zero-order valence-corrected chi connectivity index (χ0v) is 10.5. The van der Waals surface area contributed by atoms with E-state index in [-0.39, 0.29) is 12.4 Å². The molecule has 2 N–H and O–H groups in total. The molecule has 0 amide bonds. The van der Waals surface area contributed by atoms with Gasteiger partial charge in [0.25, 0.3) is 0 Å². The maximum atomic E-state index is 5.89. The first-order valence-electron chi connectivity index (χ1n) is 5.26. The number of nitrogens with zero attached hydrogens (tertiary/aromatic N) is 2. The molecule has 1 atom stereocenters. The standard InChI is InChI=1S/C10H15ClN4.ClH/c11-10-9(14-4-5-15-10)7-12-6-8-2-1-3-13-8;/h4-5,8,12-13H,1-3,6-7H2;1H. The van der Waals surface area contributed by atoms with Crippen LogP contribution in [-0.2, 0) is 6.54 Å². The lowest BCUT2D eigenvalue weighted by molar-refractivity contribution is 0.532. The Kier molecular flexibility index (Phi) is 5.98. The van der Waals surface area contributed by atoms with E-state index in [1.165, 1.54) is 12.8 Å². The molecule has 0 radical (unpaired) electrons. The van der Waals surface area contributed by atoms with Gasteiger partial charge in [-0.3, -0.25) is 4.98 Å². The highest BCUT2D eigenvalue weighted by molar-refractivity contribution is 6.29. The molecule has 16 heavy (non-hydrogen) atoms. The molecule has 90 valence electrons. The number of hydrogen-bond acceptors (Lipinski definition) is 4. The third-order valence-corrected chi connectivity index (χ3v) is 2.88. The highest BCUT2D eigenvalue weighted by atomic mass is 35.5. The summed E-state index contributed by atoms with van der Waals surface area (Å²) in [6, 6.07) is 0.598. The Morgan fingerprint density at radius 2 is 2.25 bits per heavy atom. The number of aromatic nitrogens is 2. The monoisotopic (exact) mass is 262 g/mol. The van der Waals surface area contributed by atoms with Gasteiger partial charge in [-0.1, -0.05) is 11.6 Å². The first-order valence-corrected chi connectivity index (χ1v) is 5.63. The topological polar surface area (TPSA) is 49.8 Å². The molecule has 0 saturated carbocycles. The number of rotatable bonds is 4. The van der Waals surface area contributed by atoms with Crippen molar-refractivity contribution in [2.24, 2.45) is 0 Å². The van der Waals surface area contributed by atoms with E-state index in [1.807, 2.05) is 0 Å². The summed E-state index contributed by atoms with van der Waals surface area (Å²) in [4.78, 5) is 8.14. The molecule has 0 aliphatic carbocycles. The fourth-order valence-corrected chi connectivity index (χ4v) is 1.94. The van der Waals surface area contributed by atoms with Gasteiger partial charge in [-0.25, -0.2) is 4.98 Å². The Hall–Kier alpha value is -0.420. The molecule has 1 aliphatic heterocycles. The van der Waals surface area contributed by atoms with Gasteiger partial charge in [0.2, 0.25) is 0 Å². The van der Waals surface area contributed by atoms with Gasteiger partial charge in [-0.05, 0) is 19.4 Å². The fourth-order valence-electron chi connectivity index (χ4n) is 1.76. The maximum Gasteiger partial charge on any atom is 0.151 e. The van der Waals surface area contributed by atoms with Gasteiger partial charge in [0, 0.05) is 31.5 Å². The molecule has 1 aromatic rings. The van der Waals surface area contributed by atoms with E-state index in [2.05, 4.69) is 20.6 Å². The summed E-state index contributed by atoms with van der Waals surface area (Å²) >= 11 is 5.89. The smallest absolute Gasteiger partial charge is 0.151 e. The molecule has 2 heterocycles. The maximum absolute atomic E-state index is 5.89. The predicted molar refractivity (Wildman–Crippen MR) is 67.0 cm³/mol. The zero-order chi connectivity index (χ0) is 10.5. The van der Waals surface area contributed by atoms with E-state index in [9.17, 15) is 0 Å². The predicted octanol–water partition coefficient (Wildman–Crippen LogP) is 1.39. The first kappa shape index (κ1) is 13.6. The van der Waals surface area contributed by atoms with Gasteiger partial charge >= 0.3 is 0 Å². The molecular formula is C10H16Cl2N4. The van der Waals surface area contributed by atoms with Crippen molar-refractivity contribution in [3.8, 4) is 0 Å². The van der Waals surface area contributed by atoms with Crippen LogP contribution < -0.4 is 10.6 Å². The largest absolute Gasteiger partial charge is 0.313 e. The highest BCUT2D eigenvalue weighted by Gasteiger charge is 2.13. The Labute approximate surface area is 107 Å². The van der Waals surface area contributed by atoms with Crippen LogP contribution in [0.25, 0.3) is 0 Å². The molecule has 6 heteroatoms. The number of nitrogens with one attached hydrogen (secondary N) is 2. The van der Waals surface area contributed by atoms with Crippen molar-refractivity contribution in [3.05, 3.63) is 23.2 Å². The van der Waals surface area contributed by atoms with Crippen LogP contribution in [0.15, 0.2) is 12.4 Å². The van der Waals surface area contributed by atoms with Crippen molar-refractivity contribution in [1.82, 2.24) is 20.6 Å². The quantitative estimate of drug-likeness (QED) is 0.862. The summed E-state index contributed by atoms with van der Waals surface area (Å²) in [6.45, 7) is 2.79. The molecule has 1 saturated heterocycles. The summed E-state index contributed by atoms with van der Waals surface area (Å²) in [6.07, 6.45) is 5.79. The molecule has 2 rings (SSSR count). The van der Waals surface area contributed by atoms with Crippen LogP contribution in [0.2, 0.25) is 5.15 Å². The second-order valence-electron chi connectivity index (χ2n) is 3.72. The minimum atomic E-state index is 0. The van der Waals surface area contributed by atoms with Crippen LogP contribution in [0.5, 0.6) is 0 Å². The van der Waals surface area contributed by atoms with Gasteiger partial charge in [0.1, 0.15) is 0 Å². The average Bonchev–Trinajstić information content (AvgIpc) is 2.74. The lowest BCUT2D eigenvalue weighted by Gasteiger charge is -2.11. The van der Waals surface area contributed by atoms with Crippen LogP contribution in [-0.4, -0.2) is 29.1 Å². The highest BCUT2D eigenvalue weighted by Crippen LogP contribution is 2.08. The molecule has 1 aliphatic rings. The molecule has 0 aromatic carbocycles.